The Morgan fingerprint density at radius 2 is 1.70 bits per heavy atom. The summed E-state index contributed by atoms with van der Waals surface area (Å²) in [7, 11) is 3.04. The number of carbonyl (C=O) groups is 1. The Balaban J connectivity index is 1.78. The van der Waals surface area contributed by atoms with E-state index in [-0.39, 0.29) is 6.54 Å². The molecule has 0 aliphatic carbocycles. The van der Waals surface area contributed by atoms with Gasteiger partial charge in [-0.05, 0) is 42.5 Å². The zero-order valence-electron chi connectivity index (χ0n) is 18.7. The van der Waals surface area contributed by atoms with Crippen molar-refractivity contribution in [3.63, 3.8) is 0 Å². The average Bonchev–Trinajstić information content (AvgIpc) is 3.29. The van der Waals surface area contributed by atoms with Crippen molar-refractivity contribution in [1.29, 1.82) is 0 Å². The van der Waals surface area contributed by atoms with Crippen LogP contribution in [0.5, 0.6) is 11.5 Å². The number of rotatable bonds is 6. The topological polar surface area (TPSA) is 91.6 Å². The second-order valence-electron chi connectivity index (χ2n) is 7.58. The van der Waals surface area contributed by atoms with Crippen LogP contribution in [0, 0.1) is 13.8 Å². The third-order valence-electron chi connectivity index (χ3n) is 5.30. The molecule has 0 bridgehead atoms. The van der Waals surface area contributed by atoms with Gasteiger partial charge < -0.3 is 14.8 Å². The number of methoxy groups -OCH3 is 2. The molecule has 1 amide bonds. The third kappa shape index (κ3) is 4.27. The van der Waals surface area contributed by atoms with Crippen molar-refractivity contribution in [2.75, 3.05) is 19.5 Å². The summed E-state index contributed by atoms with van der Waals surface area (Å²) in [5.41, 5.74) is 2.14. The lowest BCUT2D eigenvalue weighted by Gasteiger charge is -2.15. The first-order valence-electron chi connectivity index (χ1n) is 10.2. The Hall–Kier alpha value is -3.85. The first-order valence-corrected chi connectivity index (χ1v) is 11.0. The van der Waals surface area contributed by atoms with Gasteiger partial charge >= 0.3 is 5.69 Å². The molecule has 0 radical (unpaired) electrons. The average molecular weight is 466 g/mol. The Bertz CT molecular complexity index is 1460. The van der Waals surface area contributed by atoms with E-state index < -0.39 is 17.2 Å². The molecule has 0 unspecified atom stereocenters. The maximum atomic E-state index is 13.5. The highest BCUT2D eigenvalue weighted by Gasteiger charge is 2.19. The molecule has 0 spiro atoms. The molecule has 2 aromatic carbocycles. The number of amides is 1. The van der Waals surface area contributed by atoms with Gasteiger partial charge in [-0.15, -0.1) is 11.3 Å². The van der Waals surface area contributed by atoms with Crippen LogP contribution in [0.3, 0.4) is 0 Å². The van der Waals surface area contributed by atoms with Crippen LogP contribution < -0.4 is 26.0 Å². The molecule has 0 saturated heterocycles. The lowest BCUT2D eigenvalue weighted by atomic mass is 10.1. The molecule has 4 rings (SSSR count). The minimum atomic E-state index is -0.571. The number of aromatic nitrogens is 2. The Labute approximate surface area is 193 Å². The molecule has 0 aliphatic rings. The van der Waals surface area contributed by atoms with Crippen molar-refractivity contribution in [2.24, 2.45) is 0 Å². The highest BCUT2D eigenvalue weighted by atomic mass is 32.1. The maximum absolute atomic E-state index is 13.5. The standard InChI is InChI=1S/C24H23N3O5S/c1-14-5-6-15(2)20(9-14)27-23(29)22-19(7-8-33-22)26(24(27)30)13-21(28)25-16-10-17(31-3)12-18(11-16)32-4/h5-12H,13H2,1-4H3,(H,25,28). The second kappa shape index (κ2) is 8.95. The summed E-state index contributed by atoms with van der Waals surface area (Å²) >= 11 is 1.24. The lowest BCUT2D eigenvalue weighted by Crippen LogP contribution is -2.40. The molecule has 0 fully saturated rings. The van der Waals surface area contributed by atoms with Crippen molar-refractivity contribution >= 4 is 33.1 Å². The van der Waals surface area contributed by atoms with Crippen LogP contribution in [0.2, 0.25) is 0 Å². The molecule has 33 heavy (non-hydrogen) atoms. The van der Waals surface area contributed by atoms with Gasteiger partial charge in [0.25, 0.3) is 5.56 Å². The SMILES string of the molecule is COc1cc(NC(=O)Cn2c(=O)n(-c3cc(C)ccc3C)c(=O)c3sccc32)cc(OC)c1. The summed E-state index contributed by atoms with van der Waals surface area (Å²) < 4.78 is 13.3. The Kier molecular flexibility index (Phi) is 6.06. The summed E-state index contributed by atoms with van der Waals surface area (Å²) in [6, 6.07) is 12.3. The first kappa shape index (κ1) is 22.3. The fourth-order valence-electron chi connectivity index (χ4n) is 3.64. The van der Waals surface area contributed by atoms with E-state index >= 15 is 0 Å². The van der Waals surface area contributed by atoms with Gasteiger partial charge in [-0.3, -0.25) is 14.2 Å². The van der Waals surface area contributed by atoms with Crippen LogP contribution in [0.15, 0.2) is 57.4 Å². The number of carbonyl (C=O) groups excluding carboxylic acids is 1. The van der Waals surface area contributed by atoms with Gasteiger partial charge in [-0.25, -0.2) is 9.36 Å². The smallest absolute Gasteiger partial charge is 0.336 e. The fourth-order valence-corrected chi connectivity index (χ4v) is 4.46. The number of nitrogens with zero attached hydrogens (tertiary/aromatic N) is 2. The number of benzene rings is 2. The van der Waals surface area contributed by atoms with Gasteiger partial charge in [0.15, 0.2) is 0 Å². The quantitative estimate of drug-likeness (QED) is 0.471. The molecular weight excluding hydrogens is 442 g/mol. The van der Waals surface area contributed by atoms with E-state index in [9.17, 15) is 14.4 Å². The monoisotopic (exact) mass is 465 g/mol. The predicted octanol–water partition coefficient (Wildman–Crippen LogP) is 3.49. The van der Waals surface area contributed by atoms with E-state index in [1.807, 2.05) is 26.0 Å². The minimum absolute atomic E-state index is 0.267. The van der Waals surface area contributed by atoms with Gasteiger partial charge in [0.1, 0.15) is 22.7 Å². The molecule has 1 N–H and O–H groups in total. The molecule has 8 nitrogen and oxygen atoms in total. The number of hydrogen-bond acceptors (Lipinski definition) is 6. The molecular formula is C24H23N3O5S. The minimum Gasteiger partial charge on any atom is -0.497 e. The van der Waals surface area contributed by atoms with Crippen LogP contribution in [-0.2, 0) is 11.3 Å². The maximum Gasteiger partial charge on any atom is 0.336 e. The molecule has 170 valence electrons. The van der Waals surface area contributed by atoms with Crippen molar-refractivity contribution in [2.45, 2.75) is 20.4 Å². The largest absolute Gasteiger partial charge is 0.497 e. The van der Waals surface area contributed by atoms with Gasteiger partial charge in [0, 0.05) is 23.9 Å². The molecule has 0 saturated carbocycles. The highest BCUT2D eigenvalue weighted by molar-refractivity contribution is 7.17. The summed E-state index contributed by atoms with van der Waals surface area (Å²) in [5.74, 6) is 0.613. The van der Waals surface area contributed by atoms with Gasteiger partial charge in [0.05, 0.1) is 25.4 Å². The van der Waals surface area contributed by atoms with E-state index in [1.165, 1.54) is 30.1 Å². The predicted molar refractivity (Wildman–Crippen MR) is 129 cm³/mol. The van der Waals surface area contributed by atoms with Crippen LogP contribution >= 0.6 is 11.3 Å². The van der Waals surface area contributed by atoms with E-state index in [1.54, 1.807) is 35.7 Å². The van der Waals surface area contributed by atoms with Gasteiger partial charge in [-0.1, -0.05) is 12.1 Å². The Morgan fingerprint density at radius 1 is 1.00 bits per heavy atom. The second-order valence-corrected chi connectivity index (χ2v) is 8.50. The van der Waals surface area contributed by atoms with Crippen molar-refractivity contribution < 1.29 is 14.3 Å². The number of anilines is 1. The molecule has 0 atom stereocenters. The van der Waals surface area contributed by atoms with Crippen molar-refractivity contribution in [3.05, 3.63) is 79.8 Å². The Morgan fingerprint density at radius 3 is 2.36 bits per heavy atom. The molecule has 9 heteroatoms. The third-order valence-corrected chi connectivity index (χ3v) is 6.19. The van der Waals surface area contributed by atoms with Gasteiger partial charge in [0.2, 0.25) is 5.91 Å². The van der Waals surface area contributed by atoms with Crippen LogP contribution in [0.4, 0.5) is 5.69 Å². The lowest BCUT2D eigenvalue weighted by molar-refractivity contribution is -0.116. The van der Waals surface area contributed by atoms with E-state index in [4.69, 9.17) is 9.47 Å². The number of hydrogen-bond donors (Lipinski definition) is 1. The van der Waals surface area contributed by atoms with Gasteiger partial charge in [-0.2, -0.15) is 0 Å². The summed E-state index contributed by atoms with van der Waals surface area (Å²) in [6.45, 7) is 3.47. The number of fused-ring (bicyclic) bond motifs is 1. The number of ether oxygens (including phenoxy) is 2. The van der Waals surface area contributed by atoms with Crippen LogP contribution in [-0.4, -0.2) is 29.3 Å². The summed E-state index contributed by atoms with van der Waals surface area (Å²) in [4.78, 5) is 39.6. The van der Waals surface area contributed by atoms with Crippen LogP contribution in [0.1, 0.15) is 11.1 Å². The molecule has 2 aromatic heterocycles. The van der Waals surface area contributed by atoms with E-state index in [0.717, 1.165) is 15.7 Å². The number of aryl methyl sites for hydroxylation is 2. The van der Waals surface area contributed by atoms with E-state index in [0.29, 0.717) is 33.1 Å². The summed E-state index contributed by atoms with van der Waals surface area (Å²) in [5, 5.41) is 4.51. The zero-order valence-corrected chi connectivity index (χ0v) is 19.5. The normalized spacial score (nSPS) is 10.9. The number of nitrogens with one attached hydrogen (secondary N) is 1. The molecule has 2 heterocycles. The molecule has 0 aliphatic heterocycles. The fraction of sp³-hybridized carbons (Fsp3) is 0.208. The van der Waals surface area contributed by atoms with E-state index in [2.05, 4.69) is 5.32 Å². The zero-order chi connectivity index (χ0) is 23.7. The first-order chi connectivity index (χ1) is 15.8. The summed E-state index contributed by atoms with van der Waals surface area (Å²) in [6.07, 6.45) is 0. The highest BCUT2D eigenvalue weighted by Crippen LogP contribution is 2.26. The van der Waals surface area contributed by atoms with Crippen molar-refractivity contribution in [1.82, 2.24) is 9.13 Å². The van der Waals surface area contributed by atoms with Crippen molar-refractivity contribution in [3.8, 4) is 17.2 Å². The molecule has 4 aromatic rings. The van der Waals surface area contributed by atoms with Crippen LogP contribution in [0.25, 0.3) is 15.9 Å². The number of thiophene rings is 1.